The van der Waals surface area contributed by atoms with Gasteiger partial charge in [0.2, 0.25) is 0 Å². The van der Waals surface area contributed by atoms with E-state index in [1.807, 2.05) is 0 Å². The lowest BCUT2D eigenvalue weighted by Crippen LogP contribution is -2.52. The summed E-state index contributed by atoms with van der Waals surface area (Å²) in [7, 11) is 0. The fraction of sp³-hybridized carbons (Fsp3) is 0.545. The number of hydrogen-bond acceptors (Lipinski definition) is 4. The molecule has 0 atom stereocenters. The molecule has 1 amide bonds. The van der Waals surface area contributed by atoms with Crippen LogP contribution >= 0.6 is 0 Å². The fourth-order valence-corrected chi connectivity index (χ4v) is 2.13. The summed E-state index contributed by atoms with van der Waals surface area (Å²) in [4.78, 5) is 19.6. The zero-order chi connectivity index (χ0) is 14.1. The van der Waals surface area contributed by atoms with Gasteiger partial charge >= 0.3 is 12.1 Å². The van der Waals surface area contributed by atoms with E-state index in [2.05, 4.69) is 9.97 Å². The van der Waals surface area contributed by atoms with Gasteiger partial charge in [0.1, 0.15) is 6.33 Å². The number of aromatic nitrogens is 2. The average Bonchev–Trinajstić information content (AvgIpc) is 2.39. The van der Waals surface area contributed by atoms with Crippen LogP contribution in [0.4, 0.5) is 13.2 Å². The first-order valence-corrected chi connectivity index (χ1v) is 5.73. The van der Waals surface area contributed by atoms with E-state index in [9.17, 15) is 18.0 Å². The monoisotopic (exact) mass is 274 g/mol. The predicted octanol–water partition coefficient (Wildman–Crippen LogP) is 0.815. The molecule has 0 aromatic carbocycles. The lowest BCUT2D eigenvalue weighted by molar-refractivity contribution is -0.186. The second kappa shape index (κ2) is 4.76. The Morgan fingerprint density at radius 3 is 2.26 bits per heavy atom. The van der Waals surface area contributed by atoms with Crippen LogP contribution in [0.3, 0.4) is 0 Å². The molecule has 1 aliphatic heterocycles. The summed E-state index contributed by atoms with van der Waals surface area (Å²) >= 11 is 0. The van der Waals surface area contributed by atoms with Crippen LogP contribution in [-0.2, 0) is 10.3 Å². The fourth-order valence-electron chi connectivity index (χ4n) is 2.13. The first kappa shape index (κ1) is 13.7. The molecule has 5 nitrogen and oxygen atoms in total. The van der Waals surface area contributed by atoms with E-state index < -0.39 is 17.6 Å². The van der Waals surface area contributed by atoms with Crippen LogP contribution in [0.2, 0.25) is 0 Å². The number of nitrogens with zero attached hydrogens (tertiary/aromatic N) is 3. The third kappa shape index (κ3) is 2.83. The minimum absolute atomic E-state index is 0.0241. The van der Waals surface area contributed by atoms with Gasteiger partial charge in [-0.25, -0.2) is 9.97 Å². The molecule has 2 heterocycles. The number of hydrogen-bond donors (Lipinski definition) is 1. The lowest BCUT2D eigenvalue weighted by atomic mass is 9.83. The standard InChI is InChI=1S/C11H13F3N4O/c12-11(13,14)9(19)18-3-1-10(15,2-4-18)8-5-16-7-17-6-8/h5-7H,1-4,15H2. The minimum Gasteiger partial charge on any atom is -0.335 e. The summed E-state index contributed by atoms with van der Waals surface area (Å²) in [6, 6.07) is 0. The summed E-state index contributed by atoms with van der Waals surface area (Å²) in [6.07, 6.45) is 0.131. The van der Waals surface area contributed by atoms with Crippen molar-refractivity contribution in [3.05, 3.63) is 24.3 Å². The minimum atomic E-state index is -4.83. The Balaban J connectivity index is 2.05. The molecule has 2 rings (SSSR count). The van der Waals surface area contributed by atoms with Crippen molar-refractivity contribution in [2.75, 3.05) is 13.1 Å². The molecule has 1 fully saturated rings. The van der Waals surface area contributed by atoms with Crippen molar-refractivity contribution >= 4 is 5.91 Å². The van der Waals surface area contributed by atoms with Crippen LogP contribution < -0.4 is 5.73 Å². The highest BCUT2D eigenvalue weighted by molar-refractivity contribution is 5.82. The molecule has 0 spiro atoms. The zero-order valence-electron chi connectivity index (χ0n) is 10.0. The topological polar surface area (TPSA) is 72.1 Å². The highest BCUT2D eigenvalue weighted by atomic mass is 19.4. The van der Waals surface area contributed by atoms with Gasteiger partial charge in [0, 0.05) is 36.6 Å². The van der Waals surface area contributed by atoms with Gasteiger partial charge in [0.05, 0.1) is 0 Å². The Kier molecular flexibility index (Phi) is 3.44. The number of carbonyl (C=O) groups is 1. The summed E-state index contributed by atoms with van der Waals surface area (Å²) in [5, 5.41) is 0. The molecule has 104 valence electrons. The third-order valence-corrected chi connectivity index (χ3v) is 3.32. The number of alkyl halides is 3. The van der Waals surface area contributed by atoms with Crippen LogP contribution in [0.15, 0.2) is 18.7 Å². The van der Waals surface area contributed by atoms with Crippen molar-refractivity contribution in [3.63, 3.8) is 0 Å². The Hall–Kier alpha value is -1.70. The molecule has 1 aromatic rings. The molecule has 0 saturated carbocycles. The van der Waals surface area contributed by atoms with E-state index >= 15 is 0 Å². The van der Waals surface area contributed by atoms with Gasteiger partial charge in [-0.15, -0.1) is 0 Å². The van der Waals surface area contributed by atoms with Crippen LogP contribution in [0.25, 0.3) is 0 Å². The SMILES string of the molecule is NC1(c2cncnc2)CCN(C(=O)C(F)(F)F)CC1. The van der Waals surface area contributed by atoms with Crippen molar-refractivity contribution in [3.8, 4) is 0 Å². The third-order valence-electron chi connectivity index (χ3n) is 3.32. The van der Waals surface area contributed by atoms with Gasteiger partial charge < -0.3 is 10.6 Å². The maximum absolute atomic E-state index is 12.3. The summed E-state index contributed by atoms with van der Waals surface area (Å²) in [6.45, 7) is -0.0481. The molecule has 19 heavy (non-hydrogen) atoms. The second-order valence-corrected chi connectivity index (χ2v) is 4.57. The van der Waals surface area contributed by atoms with Crippen LogP contribution in [0, 0.1) is 0 Å². The maximum Gasteiger partial charge on any atom is 0.471 e. The van der Waals surface area contributed by atoms with Gasteiger partial charge in [0.25, 0.3) is 0 Å². The van der Waals surface area contributed by atoms with E-state index in [0.717, 1.165) is 4.90 Å². The summed E-state index contributed by atoms with van der Waals surface area (Å²) in [5.41, 5.74) is 6.05. The highest BCUT2D eigenvalue weighted by Gasteiger charge is 2.45. The first-order chi connectivity index (χ1) is 8.83. The molecule has 8 heteroatoms. The predicted molar refractivity (Wildman–Crippen MR) is 59.8 cm³/mol. The van der Waals surface area contributed by atoms with E-state index in [0.29, 0.717) is 5.56 Å². The van der Waals surface area contributed by atoms with Gasteiger partial charge in [-0.2, -0.15) is 13.2 Å². The molecular formula is C11H13F3N4O. The largest absolute Gasteiger partial charge is 0.471 e. The molecule has 0 aliphatic carbocycles. The van der Waals surface area contributed by atoms with Crippen molar-refractivity contribution < 1.29 is 18.0 Å². The molecular weight excluding hydrogens is 261 g/mol. The van der Waals surface area contributed by atoms with Crippen LogP contribution in [-0.4, -0.2) is 40.0 Å². The number of piperidine rings is 1. The molecule has 0 bridgehead atoms. The van der Waals surface area contributed by atoms with Crippen molar-refractivity contribution in [1.82, 2.24) is 14.9 Å². The lowest BCUT2D eigenvalue weighted by Gasteiger charge is -2.39. The number of nitrogens with two attached hydrogens (primary N) is 1. The molecule has 0 radical (unpaired) electrons. The number of likely N-dealkylation sites (tertiary alicyclic amines) is 1. The smallest absolute Gasteiger partial charge is 0.335 e. The zero-order valence-corrected chi connectivity index (χ0v) is 10.0. The maximum atomic E-state index is 12.3. The van der Waals surface area contributed by atoms with Crippen molar-refractivity contribution in [2.24, 2.45) is 5.73 Å². The summed E-state index contributed by atoms with van der Waals surface area (Å²) < 4.78 is 36.9. The highest BCUT2D eigenvalue weighted by Crippen LogP contribution is 2.31. The normalized spacial score (nSPS) is 19.3. The van der Waals surface area contributed by atoms with Crippen LogP contribution in [0.1, 0.15) is 18.4 Å². The number of rotatable bonds is 1. The van der Waals surface area contributed by atoms with Gasteiger partial charge in [-0.05, 0) is 12.8 Å². The Labute approximate surface area is 107 Å². The van der Waals surface area contributed by atoms with Crippen molar-refractivity contribution in [2.45, 2.75) is 24.6 Å². The molecule has 2 N–H and O–H groups in total. The number of carbonyl (C=O) groups excluding carboxylic acids is 1. The second-order valence-electron chi connectivity index (χ2n) is 4.57. The Morgan fingerprint density at radius 2 is 1.79 bits per heavy atom. The van der Waals surface area contributed by atoms with Crippen LogP contribution in [0.5, 0.6) is 0 Å². The quantitative estimate of drug-likeness (QED) is 0.822. The Morgan fingerprint density at radius 1 is 1.26 bits per heavy atom. The first-order valence-electron chi connectivity index (χ1n) is 5.73. The van der Waals surface area contributed by atoms with Gasteiger partial charge in [0.15, 0.2) is 0 Å². The molecule has 1 saturated heterocycles. The van der Waals surface area contributed by atoms with E-state index in [-0.39, 0.29) is 25.9 Å². The number of amides is 1. The van der Waals surface area contributed by atoms with Gasteiger partial charge in [-0.3, -0.25) is 4.79 Å². The molecule has 1 aliphatic rings. The summed E-state index contributed by atoms with van der Waals surface area (Å²) in [5.74, 6) is -1.81. The average molecular weight is 274 g/mol. The molecule has 0 unspecified atom stereocenters. The van der Waals surface area contributed by atoms with E-state index in [1.54, 1.807) is 12.4 Å². The van der Waals surface area contributed by atoms with Crippen molar-refractivity contribution in [1.29, 1.82) is 0 Å². The molecule has 1 aromatic heterocycles. The Bertz CT molecular complexity index is 455. The number of halogens is 3. The van der Waals surface area contributed by atoms with E-state index in [4.69, 9.17) is 5.73 Å². The van der Waals surface area contributed by atoms with Gasteiger partial charge in [-0.1, -0.05) is 0 Å². The van der Waals surface area contributed by atoms with E-state index in [1.165, 1.54) is 6.33 Å².